The first-order valence-electron chi connectivity index (χ1n) is 7.56. The van der Waals surface area contributed by atoms with Crippen LogP contribution in [0.15, 0.2) is 0 Å². The van der Waals surface area contributed by atoms with Gasteiger partial charge in [0.15, 0.2) is 0 Å². The summed E-state index contributed by atoms with van der Waals surface area (Å²) in [5, 5.41) is 0. The summed E-state index contributed by atoms with van der Waals surface area (Å²) in [6, 6.07) is 0. The quantitative estimate of drug-likeness (QED) is 0.753. The Balaban J connectivity index is 2.44. The fourth-order valence-corrected chi connectivity index (χ4v) is 3.55. The molecule has 0 aromatic carbocycles. The van der Waals surface area contributed by atoms with Crippen LogP contribution in [0.5, 0.6) is 0 Å². The molecule has 0 radical (unpaired) electrons. The summed E-state index contributed by atoms with van der Waals surface area (Å²) in [6.45, 7) is 11.8. The molecular formula is C16H33N. The van der Waals surface area contributed by atoms with Crippen molar-refractivity contribution in [2.24, 2.45) is 23.0 Å². The molecule has 0 bridgehead atoms. The molecule has 1 saturated carbocycles. The molecule has 1 nitrogen and oxygen atoms in total. The lowest BCUT2D eigenvalue weighted by Gasteiger charge is -2.43. The maximum absolute atomic E-state index is 6.60. The van der Waals surface area contributed by atoms with Gasteiger partial charge in [-0.15, -0.1) is 0 Å². The first-order chi connectivity index (χ1) is 7.77. The van der Waals surface area contributed by atoms with E-state index in [-0.39, 0.29) is 5.54 Å². The van der Waals surface area contributed by atoms with Crippen molar-refractivity contribution in [1.29, 1.82) is 0 Å². The largest absolute Gasteiger partial charge is 0.325 e. The fraction of sp³-hybridized carbons (Fsp3) is 1.00. The highest BCUT2D eigenvalue weighted by molar-refractivity contribution is 4.93. The molecule has 1 fully saturated rings. The second kappa shape index (κ2) is 5.73. The molecule has 1 rings (SSSR count). The van der Waals surface area contributed by atoms with Gasteiger partial charge in [-0.2, -0.15) is 0 Å². The molecule has 1 aliphatic carbocycles. The highest BCUT2D eigenvalue weighted by Gasteiger charge is 2.36. The molecule has 0 saturated heterocycles. The maximum atomic E-state index is 6.60. The van der Waals surface area contributed by atoms with Crippen LogP contribution in [0.1, 0.15) is 79.6 Å². The van der Waals surface area contributed by atoms with Gasteiger partial charge in [-0.25, -0.2) is 0 Å². The van der Waals surface area contributed by atoms with Gasteiger partial charge in [0.2, 0.25) is 0 Å². The standard InChI is InChI=1S/C16H33N/c1-6-7-13(2)12-16(17)10-8-14(9-11-16)15(3,4)5/h13-14H,6-12,17H2,1-5H3. The molecule has 1 unspecified atom stereocenters. The van der Waals surface area contributed by atoms with Crippen molar-refractivity contribution in [2.75, 3.05) is 0 Å². The van der Waals surface area contributed by atoms with Gasteiger partial charge < -0.3 is 5.73 Å². The Morgan fingerprint density at radius 3 is 2.18 bits per heavy atom. The summed E-state index contributed by atoms with van der Waals surface area (Å²) in [6.07, 6.45) is 9.00. The third kappa shape index (κ3) is 4.62. The Kier molecular flexibility index (Phi) is 5.07. The molecule has 1 aliphatic rings. The monoisotopic (exact) mass is 239 g/mol. The van der Waals surface area contributed by atoms with Gasteiger partial charge >= 0.3 is 0 Å². The van der Waals surface area contributed by atoms with Gasteiger partial charge in [0.1, 0.15) is 0 Å². The van der Waals surface area contributed by atoms with E-state index in [0.29, 0.717) is 5.41 Å². The summed E-state index contributed by atoms with van der Waals surface area (Å²) in [5.74, 6) is 1.68. The van der Waals surface area contributed by atoms with Crippen LogP contribution in [0.4, 0.5) is 0 Å². The zero-order valence-electron chi connectivity index (χ0n) is 12.7. The van der Waals surface area contributed by atoms with Crippen LogP contribution in [0, 0.1) is 17.3 Å². The molecule has 102 valence electrons. The van der Waals surface area contributed by atoms with Crippen LogP contribution in [-0.2, 0) is 0 Å². The van der Waals surface area contributed by atoms with Crippen LogP contribution in [-0.4, -0.2) is 5.54 Å². The Morgan fingerprint density at radius 2 is 1.76 bits per heavy atom. The molecule has 0 aromatic rings. The maximum Gasteiger partial charge on any atom is 0.0157 e. The summed E-state index contributed by atoms with van der Waals surface area (Å²) in [7, 11) is 0. The van der Waals surface area contributed by atoms with E-state index in [1.165, 1.54) is 44.9 Å². The van der Waals surface area contributed by atoms with Crippen molar-refractivity contribution in [3.63, 3.8) is 0 Å². The first-order valence-corrected chi connectivity index (χ1v) is 7.56. The van der Waals surface area contributed by atoms with Crippen LogP contribution in [0.3, 0.4) is 0 Å². The van der Waals surface area contributed by atoms with E-state index >= 15 is 0 Å². The van der Waals surface area contributed by atoms with E-state index in [9.17, 15) is 0 Å². The minimum Gasteiger partial charge on any atom is -0.325 e. The Hall–Kier alpha value is -0.0400. The van der Waals surface area contributed by atoms with Gasteiger partial charge in [-0.1, -0.05) is 47.5 Å². The van der Waals surface area contributed by atoms with Crippen molar-refractivity contribution >= 4 is 0 Å². The van der Waals surface area contributed by atoms with E-state index < -0.39 is 0 Å². The summed E-state index contributed by atoms with van der Waals surface area (Å²) >= 11 is 0. The van der Waals surface area contributed by atoms with Crippen LogP contribution >= 0.6 is 0 Å². The molecule has 1 atom stereocenters. The lowest BCUT2D eigenvalue weighted by atomic mass is 9.66. The highest BCUT2D eigenvalue weighted by atomic mass is 14.7. The average Bonchev–Trinajstić information content (AvgIpc) is 2.16. The average molecular weight is 239 g/mol. The highest BCUT2D eigenvalue weighted by Crippen LogP contribution is 2.42. The zero-order chi connectivity index (χ0) is 13.1. The molecule has 0 aromatic heterocycles. The van der Waals surface area contributed by atoms with Crippen molar-refractivity contribution in [3.8, 4) is 0 Å². The van der Waals surface area contributed by atoms with E-state index in [1.807, 2.05) is 0 Å². The predicted octanol–water partition coefficient (Wildman–Crippen LogP) is 4.75. The predicted molar refractivity (Wildman–Crippen MR) is 77.0 cm³/mol. The fourth-order valence-electron chi connectivity index (χ4n) is 3.55. The smallest absolute Gasteiger partial charge is 0.0157 e. The molecule has 17 heavy (non-hydrogen) atoms. The minimum absolute atomic E-state index is 0.149. The van der Waals surface area contributed by atoms with E-state index in [1.54, 1.807) is 0 Å². The van der Waals surface area contributed by atoms with Gasteiger partial charge in [0.05, 0.1) is 0 Å². The molecule has 0 amide bonds. The van der Waals surface area contributed by atoms with Gasteiger partial charge in [-0.3, -0.25) is 0 Å². The summed E-state index contributed by atoms with van der Waals surface area (Å²) in [5.41, 5.74) is 7.21. The zero-order valence-corrected chi connectivity index (χ0v) is 12.7. The number of rotatable bonds is 4. The number of hydrogen-bond acceptors (Lipinski definition) is 1. The molecular weight excluding hydrogens is 206 g/mol. The summed E-state index contributed by atoms with van der Waals surface area (Å²) < 4.78 is 0. The Morgan fingerprint density at radius 1 is 1.24 bits per heavy atom. The SMILES string of the molecule is CCCC(C)CC1(N)CCC(C(C)(C)C)CC1. The Labute approximate surface area is 109 Å². The molecule has 0 aliphatic heterocycles. The molecule has 1 heteroatoms. The van der Waals surface area contributed by atoms with Crippen molar-refractivity contribution in [3.05, 3.63) is 0 Å². The normalized spacial score (nSPS) is 32.5. The van der Waals surface area contributed by atoms with Crippen LogP contribution in [0.25, 0.3) is 0 Å². The van der Waals surface area contributed by atoms with Crippen molar-refractivity contribution < 1.29 is 0 Å². The summed E-state index contributed by atoms with van der Waals surface area (Å²) in [4.78, 5) is 0. The van der Waals surface area contributed by atoms with Crippen LogP contribution < -0.4 is 5.73 Å². The van der Waals surface area contributed by atoms with Gasteiger partial charge in [0, 0.05) is 5.54 Å². The van der Waals surface area contributed by atoms with Crippen molar-refractivity contribution in [2.45, 2.75) is 85.1 Å². The number of nitrogens with two attached hydrogens (primary N) is 1. The van der Waals surface area contributed by atoms with Gasteiger partial charge in [-0.05, 0) is 49.4 Å². The first kappa shape index (κ1) is 15.0. The number of hydrogen-bond donors (Lipinski definition) is 1. The van der Waals surface area contributed by atoms with Gasteiger partial charge in [0.25, 0.3) is 0 Å². The van der Waals surface area contributed by atoms with E-state index in [2.05, 4.69) is 34.6 Å². The molecule has 0 heterocycles. The third-order valence-electron chi connectivity index (χ3n) is 4.74. The van der Waals surface area contributed by atoms with E-state index in [0.717, 1.165) is 11.8 Å². The minimum atomic E-state index is 0.149. The second-order valence-electron chi connectivity index (χ2n) is 7.60. The van der Waals surface area contributed by atoms with E-state index in [4.69, 9.17) is 5.73 Å². The lowest BCUT2D eigenvalue weighted by molar-refractivity contribution is 0.120. The third-order valence-corrected chi connectivity index (χ3v) is 4.74. The topological polar surface area (TPSA) is 26.0 Å². The molecule has 0 spiro atoms. The Bertz CT molecular complexity index is 218. The second-order valence-corrected chi connectivity index (χ2v) is 7.60. The van der Waals surface area contributed by atoms with Crippen molar-refractivity contribution in [1.82, 2.24) is 0 Å². The van der Waals surface area contributed by atoms with Crippen LogP contribution in [0.2, 0.25) is 0 Å². The lowest BCUT2D eigenvalue weighted by Crippen LogP contribution is -2.46. The molecule has 2 N–H and O–H groups in total.